The summed E-state index contributed by atoms with van der Waals surface area (Å²) in [5, 5.41) is 6.24. The Morgan fingerprint density at radius 1 is 1.30 bits per heavy atom. The van der Waals surface area contributed by atoms with E-state index in [4.69, 9.17) is 0 Å². The minimum Gasteiger partial charge on any atom is -0.368 e. The smallest absolute Gasteiger partial charge is 0.252 e. The Kier molecular flexibility index (Phi) is 5.39. The lowest BCUT2D eigenvalue weighted by atomic mass is 9.89. The molecule has 4 heteroatoms. The summed E-state index contributed by atoms with van der Waals surface area (Å²) in [6, 6.07) is 4.03. The molecule has 0 atom stereocenters. The molecule has 1 aliphatic carbocycles. The van der Waals surface area contributed by atoms with Crippen molar-refractivity contribution in [3.8, 4) is 0 Å². The van der Waals surface area contributed by atoms with Gasteiger partial charge < -0.3 is 10.6 Å². The Morgan fingerprint density at radius 2 is 2.05 bits per heavy atom. The second kappa shape index (κ2) is 7.27. The minimum absolute atomic E-state index is 0.0147. The van der Waals surface area contributed by atoms with Crippen molar-refractivity contribution in [3.63, 3.8) is 0 Å². The van der Waals surface area contributed by atoms with Crippen LogP contribution >= 0.6 is 0 Å². The van der Waals surface area contributed by atoms with Crippen LogP contribution in [0.1, 0.15) is 56.3 Å². The molecular weight excluding hydrogens is 250 g/mol. The number of carbonyl (C=O) groups is 1. The van der Waals surface area contributed by atoms with Gasteiger partial charge in [0.05, 0.1) is 5.56 Å². The van der Waals surface area contributed by atoms with Crippen molar-refractivity contribution in [1.82, 2.24) is 10.3 Å². The molecule has 0 radical (unpaired) electrons. The number of pyridine rings is 1. The van der Waals surface area contributed by atoms with Gasteiger partial charge in [-0.2, -0.15) is 0 Å². The van der Waals surface area contributed by atoms with Crippen molar-refractivity contribution >= 4 is 11.7 Å². The Hall–Kier alpha value is -1.58. The lowest BCUT2D eigenvalue weighted by Gasteiger charge is -2.21. The van der Waals surface area contributed by atoms with Crippen LogP contribution in [-0.4, -0.2) is 23.5 Å². The lowest BCUT2D eigenvalue weighted by molar-refractivity contribution is 0.0943. The predicted octanol–water partition coefficient (Wildman–Crippen LogP) is 3.21. The van der Waals surface area contributed by atoms with E-state index in [-0.39, 0.29) is 5.91 Å². The van der Waals surface area contributed by atoms with Crippen LogP contribution in [0, 0.1) is 5.92 Å². The molecule has 110 valence electrons. The molecule has 1 aliphatic rings. The summed E-state index contributed by atoms with van der Waals surface area (Å²) in [7, 11) is 0. The molecule has 1 heterocycles. The van der Waals surface area contributed by atoms with Crippen LogP contribution < -0.4 is 10.6 Å². The first-order valence-corrected chi connectivity index (χ1v) is 7.66. The van der Waals surface area contributed by atoms with Gasteiger partial charge >= 0.3 is 0 Å². The molecule has 0 aliphatic heterocycles. The molecule has 0 saturated heterocycles. The topological polar surface area (TPSA) is 54.0 Å². The quantitative estimate of drug-likeness (QED) is 0.867. The number of nitrogens with zero attached hydrogens (tertiary/aromatic N) is 1. The van der Waals surface area contributed by atoms with E-state index in [9.17, 15) is 4.79 Å². The van der Waals surface area contributed by atoms with Gasteiger partial charge in [-0.3, -0.25) is 4.79 Å². The highest BCUT2D eigenvalue weighted by molar-refractivity contribution is 5.94. The molecule has 2 rings (SSSR count). The molecule has 1 aromatic rings. The van der Waals surface area contributed by atoms with Crippen LogP contribution in [0.15, 0.2) is 18.3 Å². The van der Waals surface area contributed by atoms with Gasteiger partial charge in [-0.1, -0.05) is 19.3 Å². The third-order valence-corrected chi connectivity index (χ3v) is 3.74. The molecule has 0 bridgehead atoms. The third-order valence-electron chi connectivity index (χ3n) is 3.74. The Balaban J connectivity index is 1.82. The molecule has 1 aromatic heterocycles. The third kappa shape index (κ3) is 4.51. The number of hydrogen-bond acceptors (Lipinski definition) is 3. The number of nitrogens with one attached hydrogen (secondary N) is 2. The second-order valence-electron chi connectivity index (χ2n) is 5.95. The van der Waals surface area contributed by atoms with Crippen LogP contribution in [0.4, 0.5) is 5.82 Å². The summed E-state index contributed by atoms with van der Waals surface area (Å²) in [5.41, 5.74) is 0.634. The molecule has 1 amide bonds. The van der Waals surface area contributed by atoms with Crippen molar-refractivity contribution < 1.29 is 4.79 Å². The van der Waals surface area contributed by atoms with Gasteiger partial charge in [-0.25, -0.2) is 4.98 Å². The van der Waals surface area contributed by atoms with Gasteiger partial charge in [0, 0.05) is 18.8 Å². The van der Waals surface area contributed by atoms with Crippen molar-refractivity contribution in [2.45, 2.75) is 52.0 Å². The van der Waals surface area contributed by atoms with Crippen molar-refractivity contribution in [2.24, 2.45) is 5.92 Å². The van der Waals surface area contributed by atoms with E-state index in [1.165, 1.54) is 32.1 Å². The molecule has 20 heavy (non-hydrogen) atoms. The van der Waals surface area contributed by atoms with Gasteiger partial charge in [-0.15, -0.1) is 0 Å². The van der Waals surface area contributed by atoms with E-state index in [2.05, 4.69) is 29.5 Å². The largest absolute Gasteiger partial charge is 0.368 e. The molecule has 0 aromatic carbocycles. The lowest BCUT2D eigenvalue weighted by Crippen LogP contribution is -2.30. The summed E-state index contributed by atoms with van der Waals surface area (Å²) in [6.07, 6.45) is 8.08. The fourth-order valence-electron chi connectivity index (χ4n) is 2.64. The highest BCUT2D eigenvalue weighted by Gasteiger charge is 2.15. The molecule has 0 spiro atoms. The van der Waals surface area contributed by atoms with Crippen molar-refractivity contribution in [1.29, 1.82) is 0 Å². The van der Waals surface area contributed by atoms with E-state index in [1.54, 1.807) is 6.20 Å². The Morgan fingerprint density at radius 3 is 2.65 bits per heavy atom. The van der Waals surface area contributed by atoms with Crippen molar-refractivity contribution in [2.75, 3.05) is 11.9 Å². The molecule has 4 nitrogen and oxygen atoms in total. The number of rotatable bonds is 5. The first-order valence-electron chi connectivity index (χ1n) is 7.66. The van der Waals surface area contributed by atoms with Crippen LogP contribution in [0.2, 0.25) is 0 Å². The molecule has 1 saturated carbocycles. The summed E-state index contributed by atoms with van der Waals surface area (Å²) in [6.45, 7) is 4.92. The minimum atomic E-state index is -0.0147. The fourth-order valence-corrected chi connectivity index (χ4v) is 2.64. The molecular formula is C16H25N3O. The average Bonchev–Trinajstić information content (AvgIpc) is 2.46. The second-order valence-corrected chi connectivity index (χ2v) is 5.95. The zero-order valence-electron chi connectivity index (χ0n) is 12.5. The van der Waals surface area contributed by atoms with Crippen LogP contribution in [0.3, 0.4) is 0 Å². The van der Waals surface area contributed by atoms with Gasteiger partial charge in [0.2, 0.25) is 0 Å². The highest BCUT2D eigenvalue weighted by Crippen LogP contribution is 2.22. The predicted molar refractivity (Wildman–Crippen MR) is 81.9 cm³/mol. The number of carbonyl (C=O) groups excluding carboxylic acids is 1. The zero-order chi connectivity index (χ0) is 14.4. The fraction of sp³-hybridized carbons (Fsp3) is 0.625. The van der Waals surface area contributed by atoms with E-state index in [1.807, 2.05) is 12.1 Å². The van der Waals surface area contributed by atoms with Crippen LogP contribution in [-0.2, 0) is 0 Å². The maximum atomic E-state index is 12.0. The number of anilines is 1. The molecule has 0 unspecified atom stereocenters. The SMILES string of the molecule is CC(C)Nc1ccc(C(=O)NCC2CCCCC2)cn1. The number of aromatic nitrogens is 1. The normalized spacial score (nSPS) is 16.1. The molecule has 2 N–H and O–H groups in total. The van der Waals surface area contributed by atoms with Gasteiger partial charge in [-0.05, 0) is 44.7 Å². The maximum absolute atomic E-state index is 12.0. The van der Waals surface area contributed by atoms with Gasteiger partial charge in [0.25, 0.3) is 5.91 Å². The van der Waals surface area contributed by atoms with Crippen molar-refractivity contribution in [3.05, 3.63) is 23.9 Å². The monoisotopic (exact) mass is 275 g/mol. The van der Waals surface area contributed by atoms with Gasteiger partial charge in [0.1, 0.15) is 5.82 Å². The zero-order valence-corrected chi connectivity index (χ0v) is 12.5. The number of amides is 1. The summed E-state index contributed by atoms with van der Waals surface area (Å²) in [4.78, 5) is 16.3. The van der Waals surface area contributed by atoms with E-state index in [0.717, 1.165) is 12.4 Å². The molecule has 1 fully saturated rings. The standard InChI is InChI=1S/C16H25N3O/c1-12(2)19-15-9-8-14(11-17-15)16(20)18-10-13-6-4-3-5-7-13/h8-9,11-13H,3-7,10H2,1-2H3,(H,17,19)(H,18,20). The van der Waals surface area contributed by atoms with Crippen LogP contribution in [0.25, 0.3) is 0 Å². The first-order chi connectivity index (χ1) is 9.65. The summed E-state index contributed by atoms with van der Waals surface area (Å²) >= 11 is 0. The Bertz CT molecular complexity index is 422. The van der Waals surface area contributed by atoms with Crippen LogP contribution in [0.5, 0.6) is 0 Å². The Labute approximate surface area is 121 Å². The van der Waals surface area contributed by atoms with E-state index >= 15 is 0 Å². The summed E-state index contributed by atoms with van der Waals surface area (Å²) in [5.74, 6) is 1.45. The summed E-state index contributed by atoms with van der Waals surface area (Å²) < 4.78 is 0. The maximum Gasteiger partial charge on any atom is 0.252 e. The highest BCUT2D eigenvalue weighted by atomic mass is 16.1. The van der Waals surface area contributed by atoms with Gasteiger partial charge in [0.15, 0.2) is 0 Å². The van der Waals surface area contributed by atoms with E-state index in [0.29, 0.717) is 17.5 Å². The number of hydrogen-bond donors (Lipinski definition) is 2. The average molecular weight is 275 g/mol. The first kappa shape index (κ1) is 14.8. The van der Waals surface area contributed by atoms with E-state index < -0.39 is 0 Å².